The number of aromatic nitrogens is 2. The van der Waals surface area contributed by atoms with Gasteiger partial charge in [-0.2, -0.15) is 4.31 Å². The second-order valence-corrected chi connectivity index (χ2v) is 9.95. The third-order valence-corrected chi connectivity index (χ3v) is 8.11. The zero-order valence-corrected chi connectivity index (χ0v) is 17.5. The highest BCUT2D eigenvalue weighted by Crippen LogP contribution is 2.28. The topological polar surface area (TPSA) is 119 Å². The summed E-state index contributed by atoms with van der Waals surface area (Å²) < 4.78 is 37.9. The van der Waals surface area contributed by atoms with Crippen molar-refractivity contribution in [2.24, 2.45) is 5.92 Å². The Bertz CT molecular complexity index is 1110. The fourth-order valence-corrected chi connectivity index (χ4v) is 5.94. The predicted molar refractivity (Wildman–Crippen MR) is 106 cm³/mol. The molecule has 0 saturated carbocycles. The first-order valence-corrected chi connectivity index (χ1v) is 11.4. The van der Waals surface area contributed by atoms with E-state index in [1.807, 2.05) is 6.92 Å². The zero-order valence-electron chi connectivity index (χ0n) is 15.9. The van der Waals surface area contributed by atoms with Crippen molar-refractivity contribution in [3.05, 3.63) is 35.1 Å². The van der Waals surface area contributed by atoms with Gasteiger partial charge < -0.3 is 8.83 Å². The quantitative estimate of drug-likeness (QED) is 0.653. The Labute approximate surface area is 171 Å². The molecule has 4 heterocycles. The Kier molecular flexibility index (Phi) is 5.28. The van der Waals surface area contributed by atoms with E-state index in [0.717, 1.165) is 5.76 Å². The lowest BCUT2D eigenvalue weighted by molar-refractivity contribution is -0.121. The molecule has 3 aromatic rings. The lowest BCUT2D eigenvalue weighted by Gasteiger charge is -2.29. The van der Waals surface area contributed by atoms with Gasteiger partial charge in [-0.3, -0.25) is 10.1 Å². The SMILES string of the molecule is Cc1cc(-c2nnc(NC(=O)C3CCN(S(=O)(=O)c4cccs4)CC3)o2)c(C)o1. The van der Waals surface area contributed by atoms with Crippen LogP contribution in [-0.2, 0) is 14.8 Å². The number of hydrogen-bond acceptors (Lipinski definition) is 8. The molecule has 0 atom stereocenters. The maximum atomic E-state index is 12.6. The Morgan fingerprint density at radius 2 is 2.00 bits per heavy atom. The van der Waals surface area contributed by atoms with Gasteiger partial charge >= 0.3 is 6.01 Å². The van der Waals surface area contributed by atoms with Gasteiger partial charge in [-0.25, -0.2) is 8.42 Å². The molecule has 0 aliphatic carbocycles. The van der Waals surface area contributed by atoms with Crippen molar-refractivity contribution >= 4 is 33.3 Å². The van der Waals surface area contributed by atoms with Gasteiger partial charge in [-0.05, 0) is 44.2 Å². The Morgan fingerprint density at radius 3 is 2.62 bits per heavy atom. The van der Waals surface area contributed by atoms with Crippen molar-refractivity contribution in [3.63, 3.8) is 0 Å². The Balaban J connectivity index is 1.37. The van der Waals surface area contributed by atoms with Crippen LogP contribution in [0.3, 0.4) is 0 Å². The molecule has 1 aliphatic rings. The van der Waals surface area contributed by atoms with Crippen LogP contribution in [0, 0.1) is 19.8 Å². The molecule has 0 bridgehead atoms. The molecule has 154 valence electrons. The summed E-state index contributed by atoms with van der Waals surface area (Å²) in [6, 6.07) is 5.10. The predicted octanol–water partition coefficient (Wildman–Crippen LogP) is 3.05. The molecule has 3 aromatic heterocycles. The molecule has 1 saturated heterocycles. The summed E-state index contributed by atoms with van der Waals surface area (Å²) in [7, 11) is -3.49. The van der Waals surface area contributed by atoms with Crippen molar-refractivity contribution < 1.29 is 22.0 Å². The van der Waals surface area contributed by atoms with E-state index < -0.39 is 10.0 Å². The number of hydrogen-bond donors (Lipinski definition) is 1. The third-order valence-electron chi connectivity index (χ3n) is 4.84. The summed E-state index contributed by atoms with van der Waals surface area (Å²) in [6.07, 6.45) is 0.856. The average Bonchev–Trinajstić information content (AvgIpc) is 3.43. The van der Waals surface area contributed by atoms with Crippen LogP contribution in [0.15, 0.2) is 36.6 Å². The molecule has 1 fully saturated rings. The molecule has 0 spiro atoms. The van der Waals surface area contributed by atoms with Crippen LogP contribution in [0.25, 0.3) is 11.5 Å². The maximum absolute atomic E-state index is 12.6. The molecular weight excluding hydrogens is 416 g/mol. The number of nitrogens with one attached hydrogen (secondary N) is 1. The minimum Gasteiger partial charge on any atom is -0.466 e. The van der Waals surface area contributed by atoms with Crippen LogP contribution in [-0.4, -0.2) is 41.9 Å². The van der Waals surface area contributed by atoms with E-state index in [1.165, 1.54) is 15.6 Å². The number of aryl methyl sites for hydroxylation is 2. The van der Waals surface area contributed by atoms with Crippen LogP contribution < -0.4 is 5.32 Å². The molecule has 1 N–H and O–H groups in total. The Morgan fingerprint density at radius 1 is 1.24 bits per heavy atom. The summed E-state index contributed by atoms with van der Waals surface area (Å²) in [4.78, 5) is 12.5. The van der Waals surface area contributed by atoms with Crippen molar-refractivity contribution in [2.45, 2.75) is 30.9 Å². The molecule has 0 aromatic carbocycles. The molecule has 0 radical (unpaired) electrons. The number of carbonyl (C=O) groups is 1. The molecule has 9 nitrogen and oxygen atoms in total. The van der Waals surface area contributed by atoms with E-state index in [0.29, 0.717) is 41.5 Å². The summed E-state index contributed by atoms with van der Waals surface area (Å²) in [5, 5.41) is 12.2. The molecule has 11 heteroatoms. The van der Waals surface area contributed by atoms with Gasteiger partial charge in [0.25, 0.3) is 15.9 Å². The highest BCUT2D eigenvalue weighted by Gasteiger charge is 2.33. The van der Waals surface area contributed by atoms with Crippen LogP contribution in [0.5, 0.6) is 0 Å². The molecule has 1 amide bonds. The number of thiophene rings is 1. The summed E-state index contributed by atoms with van der Waals surface area (Å²) in [5.74, 6) is 1.08. The van der Waals surface area contributed by atoms with Gasteiger partial charge in [0.15, 0.2) is 0 Å². The zero-order chi connectivity index (χ0) is 20.6. The number of nitrogens with zero attached hydrogens (tertiary/aromatic N) is 3. The van der Waals surface area contributed by atoms with Crippen molar-refractivity contribution in [1.82, 2.24) is 14.5 Å². The molecule has 0 unspecified atom stereocenters. The van der Waals surface area contributed by atoms with E-state index >= 15 is 0 Å². The smallest absolute Gasteiger partial charge is 0.322 e. The standard InChI is InChI=1S/C18H20N4O5S2/c1-11-10-14(12(2)26-11)17-20-21-18(27-17)19-16(23)13-5-7-22(8-6-13)29(24,25)15-4-3-9-28-15/h3-4,9-10,13H,5-8H2,1-2H3,(H,19,21,23). The fraction of sp³-hybridized carbons (Fsp3) is 0.389. The molecular formula is C18H20N4O5S2. The first-order chi connectivity index (χ1) is 13.8. The molecule has 29 heavy (non-hydrogen) atoms. The molecule has 4 rings (SSSR count). The fourth-order valence-electron chi connectivity index (χ4n) is 3.33. The van der Waals surface area contributed by atoms with E-state index in [9.17, 15) is 13.2 Å². The minimum absolute atomic E-state index is 0.0110. The number of rotatable bonds is 5. The monoisotopic (exact) mass is 436 g/mol. The van der Waals surface area contributed by atoms with Gasteiger partial charge in [0, 0.05) is 19.0 Å². The van der Waals surface area contributed by atoms with Crippen molar-refractivity contribution in [3.8, 4) is 11.5 Å². The normalized spacial score (nSPS) is 16.2. The van der Waals surface area contributed by atoms with E-state index in [4.69, 9.17) is 8.83 Å². The van der Waals surface area contributed by atoms with Gasteiger partial charge in [-0.15, -0.1) is 16.4 Å². The third kappa shape index (κ3) is 3.98. The number of sulfonamides is 1. The van der Waals surface area contributed by atoms with Crippen LogP contribution >= 0.6 is 11.3 Å². The number of furan rings is 1. The Hall–Kier alpha value is -2.50. The molecule has 1 aliphatic heterocycles. The highest BCUT2D eigenvalue weighted by molar-refractivity contribution is 7.91. The van der Waals surface area contributed by atoms with E-state index in [1.54, 1.807) is 30.5 Å². The van der Waals surface area contributed by atoms with E-state index in [2.05, 4.69) is 15.5 Å². The number of anilines is 1. The average molecular weight is 437 g/mol. The highest BCUT2D eigenvalue weighted by atomic mass is 32.2. The van der Waals surface area contributed by atoms with Crippen LogP contribution in [0.1, 0.15) is 24.4 Å². The minimum atomic E-state index is -3.49. The maximum Gasteiger partial charge on any atom is 0.322 e. The second-order valence-electron chi connectivity index (χ2n) is 6.84. The largest absolute Gasteiger partial charge is 0.466 e. The van der Waals surface area contributed by atoms with Crippen molar-refractivity contribution in [2.75, 3.05) is 18.4 Å². The van der Waals surface area contributed by atoms with Crippen LogP contribution in [0.4, 0.5) is 6.01 Å². The van der Waals surface area contributed by atoms with Crippen molar-refractivity contribution in [1.29, 1.82) is 0 Å². The van der Waals surface area contributed by atoms with E-state index in [-0.39, 0.29) is 23.7 Å². The van der Waals surface area contributed by atoms with Gasteiger partial charge in [0.2, 0.25) is 5.91 Å². The van der Waals surface area contributed by atoms with Gasteiger partial charge in [0.1, 0.15) is 15.7 Å². The number of amides is 1. The second kappa shape index (κ2) is 7.73. The van der Waals surface area contributed by atoms with Gasteiger partial charge in [-0.1, -0.05) is 11.2 Å². The number of carbonyl (C=O) groups excluding carboxylic acids is 1. The summed E-state index contributed by atoms with van der Waals surface area (Å²) >= 11 is 1.19. The lowest BCUT2D eigenvalue weighted by atomic mass is 9.97. The summed E-state index contributed by atoms with van der Waals surface area (Å²) in [6.45, 7) is 4.20. The number of piperidine rings is 1. The first-order valence-electron chi connectivity index (χ1n) is 9.10. The summed E-state index contributed by atoms with van der Waals surface area (Å²) in [5.41, 5.74) is 0.683. The van der Waals surface area contributed by atoms with Crippen LogP contribution in [0.2, 0.25) is 0 Å². The first kappa shape index (κ1) is 19.8. The van der Waals surface area contributed by atoms with Gasteiger partial charge in [0.05, 0.1) is 5.56 Å². The lowest BCUT2D eigenvalue weighted by Crippen LogP contribution is -2.41.